The van der Waals surface area contributed by atoms with Crippen molar-refractivity contribution in [3.8, 4) is 0 Å². The highest BCUT2D eigenvalue weighted by Gasteiger charge is 2.18. The Kier molecular flexibility index (Phi) is 6.32. The van der Waals surface area contributed by atoms with Gasteiger partial charge >= 0.3 is 0 Å². The molecule has 1 aliphatic rings. The smallest absolute Gasteiger partial charge is 0.252 e. The van der Waals surface area contributed by atoms with Crippen molar-refractivity contribution in [2.24, 2.45) is 0 Å². The van der Waals surface area contributed by atoms with E-state index in [0.717, 1.165) is 35.0 Å². The number of fused-ring (bicyclic) bond motifs is 1. The Hall–Kier alpha value is -2.88. The molecule has 0 bridgehead atoms. The molecule has 1 saturated carbocycles. The van der Waals surface area contributed by atoms with Gasteiger partial charge in [0.15, 0.2) is 0 Å². The van der Waals surface area contributed by atoms with Crippen molar-refractivity contribution in [1.29, 1.82) is 0 Å². The highest BCUT2D eigenvalue weighted by molar-refractivity contribution is 6.07. The molecule has 1 aliphatic carbocycles. The third kappa shape index (κ3) is 4.81. The van der Waals surface area contributed by atoms with Gasteiger partial charge in [-0.25, -0.2) is 4.98 Å². The number of carbonyl (C=O) groups excluding carboxylic acids is 1. The number of nitrogens with zero attached hydrogens (tertiary/aromatic N) is 1. The zero-order chi connectivity index (χ0) is 20.9. The Labute approximate surface area is 179 Å². The highest BCUT2D eigenvalue weighted by atomic mass is 16.1. The number of hydrogen-bond donors (Lipinski definition) is 2. The molecule has 30 heavy (non-hydrogen) atoms. The summed E-state index contributed by atoms with van der Waals surface area (Å²) in [5.41, 5.74) is 4.91. The van der Waals surface area contributed by atoms with E-state index < -0.39 is 0 Å². The number of aryl methyl sites for hydroxylation is 2. The van der Waals surface area contributed by atoms with Crippen LogP contribution in [0.25, 0.3) is 10.9 Å². The van der Waals surface area contributed by atoms with Gasteiger partial charge in [-0.1, -0.05) is 68.0 Å². The maximum absolute atomic E-state index is 13.3. The first kappa shape index (κ1) is 20.4. The van der Waals surface area contributed by atoms with Crippen LogP contribution in [0.3, 0.4) is 0 Å². The van der Waals surface area contributed by atoms with Crippen molar-refractivity contribution in [2.45, 2.75) is 64.8 Å². The Balaban J connectivity index is 1.63. The zero-order valence-electron chi connectivity index (χ0n) is 18.0. The Morgan fingerprint density at radius 1 is 0.933 bits per heavy atom. The van der Waals surface area contributed by atoms with E-state index >= 15 is 0 Å². The number of para-hydroxylation sites is 1. The molecule has 0 spiro atoms. The molecule has 0 saturated heterocycles. The lowest BCUT2D eigenvalue weighted by Crippen LogP contribution is -2.35. The normalized spacial score (nSPS) is 15.4. The van der Waals surface area contributed by atoms with Gasteiger partial charge in [0.2, 0.25) is 0 Å². The van der Waals surface area contributed by atoms with Crippen LogP contribution in [0, 0.1) is 13.8 Å². The minimum Gasteiger partial charge on any atom is -0.349 e. The van der Waals surface area contributed by atoms with E-state index in [2.05, 4.69) is 42.7 Å². The van der Waals surface area contributed by atoms with Crippen LogP contribution < -0.4 is 10.6 Å². The number of anilines is 2. The maximum atomic E-state index is 13.3. The third-order valence-electron chi connectivity index (χ3n) is 6.05. The fraction of sp³-hybridized carbons (Fsp3) is 0.385. The van der Waals surface area contributed by atoms with Crippen molar-refractivity contribution in [3.63, 3.8) is 0 Å². The summed E-state index contributed by atoms with van der Waals surface area (Å²) in [7, 11) is 0. The monoisotopic (exact) mass is 401 g/mol. The molecule has 0 aliphatic heterocycles. The molecule has 156 valence electrons. The first-order valence-corrected chi connectivity index (χ1v) is 11.1. The number of amides is 1. The van der Waals surface area contributed by atoms with Crippen LogP contribution in [0.1, 0.15) is 66.4 Å². The van der Waals surface area contributed by atoms with Crippen LogP contribution in [0.2, 0.25) is 0 Å². The van der Waals surface area contributed by atoms with E-state index in [1.807, 2.05) is 30.3 Å². The van der Waals surface area contributed by atoms with Crippen LogP contribution in [-0.4, -0.2) is 16.9 Å². The van der Waals surface area contributed by atoms with E-state index in [0.29, 0.717) is 11.4 Å². The highest BCUT2D eigenvalue weighted by Crippen LogP contribution is 2.26. The molecule has 1 aromatic heterocycles. The van der Waals surface area contributed by atoms with Crippen molar-refractivity contribution in [1.82, 2.24) is 10.3 Å². The lowest BCUT2D eigenvalue weighted by atomic mass is 9.96. The van der Waals surface area contributed by atoms with E-state index in [9.17, 15) is 4.79 Å². The minimum atomic E-state index is 0.00264. The van der Waals surface area contributed by atoms with Gasteiger partial charge in [-0.3, -0.25) is 4.79 Å². The maximum Gasteiger partial charge on any atom is 0.252 e. The topological polar surface area (TPSA) is 54.0 Å². The standard InChI is InChI=1S/C26H31N3O/c1-18-14-15-23(19(2)16-18)28-25-17-22(21-12-8-9-13-24(21)29-25)26(30)27-20-10-6-4-3-5-7-11-20/h8-9,12-17,20H,3-7,10-11H2,1-2H3,(H,27,30)(H,28,29). The number of rotatable bonds is 4. The van der Waals surface area contributed by atoms with Gasteiger partial charge in [0.05, 0.1) is 11.1 Å². The van der Waals surface area contributed by atoms with Crippen molar-refractivity contribution in [2.75, 3.05) is 5.32 Å². The average molecular weight is 402 g/mol. The van der Waals surface area contributed by atoms with Gasteiger partial charge in [0.1, 0.15) is 5.82 Å². The molecule has 2 N–H and O–H groups in total. The van der Waals surface area contributed by atoms with Gasteiger partial charge in [-0.15, -0.1) is 0 Å². The van der Waals surface area contributed by atoms with Gasteiger partial charge in [0.25, 0.3) is 5.91 Å². The Morgan fingerprint density at radius 3 is 2.43 bits per heavy atom. The van der Waals surface area contributed by atoms with Gasteiger partial charge in [-0.2, -0.15) is 0 Å². The second-order valence-corrected chi connectivity index (χ2v) is 8.53. The fourth-order valence-electron chi connectivity index (χ4n) is 4.38. The van der Waals surface area contributed by atoms with Crippen LogP contribution >= 0.6 is 0 Å². The second kappa shape index (κ2) is 9.29. The van der Waals surface area contributed by atoms with Crippen LogP contribution in [0.15, 0.2) is 48.5 Å². The van der Waals surface area contributed by atoms with Crippen molar-refractivity contribution < 1.29 is 4.79 Å². The largest absolute Gasteiger partial charge is 0.349 e. The third-order valence-corrected chi connectivity index (χ3v) is 6.05. The molecule has 1 amide bonds. The second-order valence-electron chi connectivity index (χ2n) is 8.53. The molecule has 4 nitrogen and oxygen atoms in total. The number of pyridine rings is 1. The molecule has 2 aromatic carbocycles. The average Bonchev–Trinajstić information content (AvgIpc) is 2.71. The minimum absolute atomic E-state index is 0.00264. The van der Waals surface area contributed by atoms with Gasteiger partial charge in [-0.05, 0) is 50.5 Å². The first-order valence-electron chi connectivity index (χ1n) is 11.1. The van der Waals surface area contributed by atoms with Crippen LogP contribution in [-0.2, 0) is 0 Å². The molecule has 1 heterocycles. The zero-order valence-corrected chi connectivity index (χ0v) is 18.0. The molecule has 0 atom stereocenters. The lowest BCUT2D eigenvalue weighted by Gasteiger charge is -2.21. The number of nitrogens with one attached hydrogen (secondary N) is 2. The molecular weight excluding hydrogens is 370 g/mol. The Bertz CT molecular complexity index is 1040. The van der Waals surface area contributed by atoms with Crippen LogP contribution in [0.5, 0.6) is 0 Å². The SMILES string of the molecule is Cc1ccc(Nc2cc(C(=O)NC3CCCCCCC3)c3ccccc3n2)c(C)c1. The molecule has 0 unspecified atom stereocenters. The quantitative estimate of drug-likeness (QED) is 0.529. The predicted molar refractivity (Wildman–Crippen MR) is 125 cm³/mol. The molecule has 0 radical (unpaired) electrons. The van der Waals surface area contributed by atoms with Crippen LogP contribution in [0.4, 0.5) is 11.5 Å². The molecule has 1 fully saturated rings. The number of aromatic nitrogens is 1. The van der Waals surface area contributed by atoms with E-state index in [-0.39, 0.29) is 11.9 Å². The summed E-state index contributed by atoms with van der Waals surface area (Å²) < 4.78 is 0. The number of hydrogen-bond acceptors (Lipinski definition) is 3. The van der Waals surface area contributed by atoms with E-state index in [1.165, 1.54) is 37.7 Å². The summed E-state index contributed by atoms with van der Waals surface area (Å²) in [6.07, 6.45) is 8.40. The summed E-state index contributed by atoms with van der Waals surface area (Å²) in [4.78, 5) is 18.0. The predicted octanol–water partition coefficient (Wildman–Crippen LogP) is 6.44. The summed E-state index contributed by atoms with van der Waals surface area (Å²) >= 11 is 0. The first-order chi connectivity index (χ1) is 14.6. The van der Waals surface area contributed by atoms with Gasteiger partial charge in [0, 0.05) is 17.1 Å². The van der Waals surface area contributed by atoms with E-state index in [4.69, 9.17) is 4.98 Å². The van der Waals surface area contributed by atoms with Crippen molar-refractivity contribution in [3.05, 3.63) is 65.2 Å². The number of carbonyl (C=O) groups is 1. The van der Waals surface area contributed by atoms with Gasteiger partial charge < -0.3 is 10.6 Å². The summed E-state index contributed by atoms with van der Waals surface area (Å²) in [6.45, 7) is 4.17. The summed E-state index contributed by atoms with van der Waals surface area (Å²) in [6, 6.07) is 16.3. The summed E-state index contributed by atoms with van der Waals surface area (Å²) in [5.74, 6) is 0.700. The number of benzene rings is 2. The molecule has 4 heteroatoms. The molecular formula is C26H31N3O. The fourth-order valence-corrected chi connectivity index (χ4v) is 4.38. The Morgan fingerprint density at radius 2 is 1.67 bits per heavy atom. The van der Waals surface area contributed by atoms with Crippen molar-refractivity contribution >= 4 is 28.3 Å². The van der Waals surface area contributed by atoms with E-state index in [1.54, 1.807) is 0 Å². The molecule has 3 aromatic rings. The lowest BCUT2D eigenvalue weighted by molar-refractivity contribution is 0.0932. The summed E-state index contributed by atoms with van der Waals surface area (Å²) in [5, 5.41) is 7.62. The molecule has 4 rings (SSSR count).